The number of rotatable bonds is 4. The third-order valence-electron chi connectivity index (χ3n) is 5.02. The zero-order chi connectivity index (χ0) is 15.5. The fourth-order valence-corrected chi connectivity index (χ4v) is 4.70. The van der Waals surface area contributed by atoms with Gasteiger partial charge in [0.1, 0.15) is 0 Å². The highest BCUT2D eigenvalue weighted by Gasteiger charge is 2.26. The second kappa shape index (κ2) is 6.97. The van der Waals surface area contributed by atoms with E-state index in [4.69, 9.17) is 0 Å². The largest absolute Gasteiger partial charge is 0.335 e. The van der Waals surface area contributed by atoms with Gasteiger partial charge in [-0.2, -0.15) is 0 Å². The molecule has 0 N–H and O–H groups in total. The maximum Gasteiger partial charge on any atom is 0.264 e. The van der Waals surface area contributed by atoms with E-state index in [1.54, 1.807) is 11.3 Å². The maximum atomic E-state index is 12.7. The molecule has 0 aromatic carbocycles. The number of hydrogen-bond donors (Lipinski definition) is 0. The minimum absolute atomic E-state index is 0.241. The van der Waals surface area contributed by atoms with Crippen LogP contribution in [0.3, 0.4) is 0 Å². The van der Waals surface area contributed by atoms with Gasteiger partial charge in [0.2, 0.25) is 0 Å². The van der Waals surface area contributed by atoms with Crippen LogP contribution in [-0.2, 0) is 12.8 Å². The van der Waals surface area contributed by atoms with Gasteiger partial charge in [-0.05, 0) is 36.8 Å². The van der Waals surface area contributed by atoms with Crippen molar-refractivity contribution in [2.24, 2.45) is 5.92 Å². The molecule has 22 heavy (non-hydrogen) atoms. The molecule has 1 aliphatic heterocycles. The van der Waals surface area contributed by atoms with E-state index >= 15 is 0 Å². The number of carbonyl (C=O) groups is 1. The summed E-state index contributed by atoms with van der Waals surface area (Å²) in [6.07, 6.45) is 6.82. The molecule has 1 aromatic rings. The monoisotopic (exact) mass is 318 g/mol. The average molecular weight is 318 g/mol. The topological polar surface area (TPSA) is 23.6 Å². The lowest BCUT2D eigenvalue weighted by molar-refractivity contribution is 0.0655. The lowest BCUT2D eigenvalue weighted by Gasteiger charge is -2.33. The average Bonchev–Trinajstić information content (AvgIpc) is 2.98. The highest BCUT2D eigenvalue weighted by Crippen LogP contribution is 2.34. The molecular formula is C18H26N2OS. The molecule has 1 saturated heterocycles. The number of fused-ring (bicyclic) bond motifs is 1. The van der Waals surface area contributed by atoms with E-state index in [9.17, 15) is 4.79 Å². The van der Waals surface area contributed by atoms with Crippen LogP contribution in [0.2, 0.25) is 0 Å². The van der Waals surface area contributed by atoms with Crippen LogP contribution >= 0.6 is 11.3 Å². The Morgan fingerprint density at radius 1 is 1.41 bits per heavy atom. The van der Waals surface area contributed by atoms with E-state index in [0.29, 0.717) is 0 Å². The Morgan fingerprint density at radius 2 is 2.18 bits per heavy atom. The lowest BCUT2D eigenvalue weighted by Crippen LogP contribution is -2.48. The molecule has 1 fully saturated rings. The molecule has 1 aliphatic carbocycles. The first-order valence-electron chi connectivity index (χ1n) is 8.45. The zero-order valence-electron chi connectivity index (χ0n) is 13.5. The van der Waals surface area contributed by atoms with Gasteiger partial charge < -0.3 is 4.90 Å². The number of hydrogen-bond acceptors (Lipinski definition) is 3. The molecule has 0 spiro atoms. The van der Waals surface area contributed by atoms with E-state index in [1.165, 1.54) is 36.1 Å². The van der Waals surface area contributed by atoms with Crippen LogP contribution in [0.5, 0.6) is 0 Å². The summed E-state index contributed by atoms with van der Waals surface area (Å²) in [4.78, 5) is 19.5. The number of carbonyl (C=O) groups excluding carboxylic acids is 1. The Labute approximate surface area is 137 Å². The molecule has 3 nitrogen and oxygen atoms in total. The Hall–Kier alpha value is -1.13. The standard InChI is InChI=1S/C18H26N2OS/c1-3-7-19-8-10-20(11-9-19)18(21)17-13-15-12-14(4-2)5-6-16(15)22-17/h3,13-14H,1,4-12H2,2H3/t14-/m0/s1. The number of piperazine rings is 1. The third-order valence-corrected chi connectivity index (χ3v) is 6.24. The number of thiophene rings is 1. The van der Waals surface area contributed by atoms with Gasteiger partial charge >= 0.3 is 0 Å². The van der Waals surface area contributed by atoms with Gasteiger partial charge in [0.05, 0.1) is 4.88 Å². The Kier molecular flexibility index (Phi) is 4.99. The van der Waals surface area contributed by atoms with Gasteiger partial charge in [-0.3, -0.25) is 9.69 Å². The van der Waals surface area contributed by atoms with Crippen LogP contribution in [-0.4, -0.2) is 48.4 Å². The molecule has 0 radical (unpaired) electrons. The van der Waals surface area contributed by atoms with Crippen LogP contribution in [0.15, 0.2) is 18.7 Å². The van der Waals surface area contributed by atoms with Crippen LogP contribution in [0.1, 0.15) is 39.9 Å². The second-order valence-corrected chi connectivity index (χ2v) is 7.59. The van der Waals surface area contributed by atoms with Gasteiger partial charge in [0.15, 0.2) is 0 Å². The predicted molar refractivity (Wildman–Crippen MR) is 92.7 cm³/mol. The fourth-order valence-electron chi connectivity index (χ4n) is 3.52. The Morgan fingerprint density at radius 3 is 2.86 bits per heavy atom. The summed E-state index contributed by atoms with van der Waals surface area (Å²) in [6, 6.07) is 2.18. The van der Waals surface area contributed by atoms with Gasteiger partial charge in [0.25, 0.3) is 5.91 Å². The molecule has 0 unspecified atom stereocenters. The van der Waals surface area contributed by atoms with Crippen molar-refractivity contribution in [3.05, 3.63) is 34.0 Å². The molecule has 2 heterocycles. The number of aryl methyl sites for hydroxylation is 1. The van der Waals surface area contributed by atoms with Gasteiger partial charge in [-0.1, -0.05) is 19.4 Å². The van der Waals surface area contributed by atoms with Crippen molar-refractivity contribution < 1.29 is 4.79 Å². The Bertz CT molecular complexity index is 543. The van der Waals surface area contributed by atoms with E-state index < -0.39 is 0 Å². The molecule has 0 saturated carbocycles. The first-order chi connectivity index (χ1) is 10.7. The summed E-state index contributed by atoms with van der Waals surface area (Å²) in [7, 11) is 0. The summed E-state index contributed by atoms with van der Waals surface area (Å²) in [5.74, 6) is 1.05. The minimum atomic E-state index is 0.241. The van der Waals surface area contributed by atoms with Crippen LogP contribution in [0, 0.1) is 5.92 Å². The minimum Gasteiger partial charge on any atom is -0.335 e. The normalized spacial score (nSPS) is 22.4. The SMILES string of the molecule is C=CCN1CCN(C(=O)c2cc3c(s2)CC[C@H](CC)C3)CC1. The van der Waals surface area contributed by atoms with Gasteiger partial charge in [0, 0.05) is 37.6 Å². The van der Waals surface area contributed by atoms with Crippen molar-refractivity contribution in [3.8, 4) is 0 Å². The third kappa shape index (κ3) is 3.28. The molecule has 3 rings (SSSR count). The van der Waals surface area contributed by atoms with Crippen LogP contribution in [0.25, 0.3) is 0 Å². The highest BCUT2D eigenvalue weighted by molar-refractivity contribution is 7.14. The van der Waals surface area contributed by atoms with Crippen molar-refractivity contribution in [1.82, 2.24) is 9.80 Å². The molecular weight excluding hydrogens is 292 g/mol. The van der Waals surface area contributed by atoms with E-state index in [-0.39, 0.29) is 5.91 Å². The first-order valence-corrected chi connectivity index (χ1v) is 9.27. The van der Waals surface area contributed by atoms with E-state index in [0.717, 1.165) is 43.5 Å². The van der Waals surface area contributed by atoms with E-state index in [2.05, 4.69) is 24.5 Å². The van der Waals surface area contributed by atoms with Crippen molar-refractivity contribution in [2.75, 3.05) is 32.7 Å². The molecule has 2 aliphatic rings. The Balaban J connectivity index is 1.64. The summed E-state index contributed by atoms with van der Waals surface area (Å²) < 4.78 is 0. The number of nitrogens with zero attached hydrogens (tertiary/aromatic N) is 2. The van der Waals surface area contributed by atoms with Crippen molar-refractivity contribution >= 4 is 17.2 Å². The first kappa shape index (κ1) is 15.8. The molecule has 1 amide bonds. The molecule has 120 valence electrons. The summed E-state index contributed by atoms with van der Waals surface area (Å²) in [5.41, 5.74) is 1.44. The summed E-state index contributed by atoms with van der Waals surface area (Å²) in [6.45, 7) is 10.6. The van der Waals surface area contributed by atoms with E-state index in [1.807, 2.05) is 11.0 Å². The quantitative estimate of drug-likeness (QED) is 0.796. The van der Waals surface area contributed by atoms with Crippen molar-refractivity contribution in [3.63, 3.8) is 0 Å². The van der Waals surface area contributed by atoms with Gasteiger partial charge in [-0.15, -0.1) is 17.9 Å². The molecule has 4 heteroatoms. The van der Waals surface area contributed by atoms with Crippen LogP contribution in [0.4, 0.5) is 0 Å². The molecule has 1 atom stereocenters. The maximum absolute atomic E-state index is 12.7. The van der Waals surface area contributed by atoms with Crippen molar-refractivity contribution in [2.45, 2.75) is 32.6 Å². The summed E-state index contributed by atoms with van der Waals surface area (Å²) >= 11 is 1.74. The van der Waals surface area contributed by atoms with Crippen molar-refractivity contribution in [1.29, 1.82) is 0 Å². The second-order valence-electron chi connectivity index (χ2n) is 6.46. The zero-order valence-corrected chi connectivity index (χ0v) is 14.3. The smallest absolute Gasteiger partial charge is 0.264 e. The predicted octanol–water partition coefficient (Wildman–Crippen LogP) is 3.21. The van der Waals surface area contributed by atoms with Gasteiger partial charge in [-0.25, -0.2) is 0 Å². The fraction of sp³-hybridized carbons (Fsp3) is 0.611. The summed E-state index contributed by atoms with van der Waals surface area (Å²) in [5, 5.41) is 0. The van der Waals surface area contributed by atoms with Crippen LogP contribution < -0.4 is 0 Å². The number of amides is 1. The molecule has 1 aromatic heterocycles. The highest BCUT2D eigenvalue weighted by atomic mass is 32.1. The lowest BCUT2D eigenvalue weighted by atomic mass is 9.87. The molecule has 0 bridgehead atoms.